The summed E-state index contributed by atoms with van der Waals surface area (Å²) in [6.45, 7) is 1.22. The highest BCUT2D eigenvalue weighted by molar-refractivity contribution is 7.98. The van der Waals surface area contributed by atoms with Gasteiger partial charge in [0.05, 0.1) is 11.3 Å². The highest BCUT2D eigenvalue weighted by atomic mass is 32.2. The van der Waals surface area contributed by atoms with Crippen LogP contribution >= 0.6 is 11.8 Å². The number of hydrogen-bond donors (Lipinski definition) is 1. The SMILES string of the molecule is CSc1nc(C)cc(=O)n1CC(=O)Nc1ccccc1C(F)(F)F. The van der Waals surface area contributed by atoms with E-state index >= 15 is 0 Å². The standard InChI is InChI=1S/C15H14F3N3O2S/c1-9-7-13(23)21(14(19-9)24-2)8-12(22)20-11-6-4-3-5-10(11)15(16,17)18/h3-7H,8H2,1-2H3,(H,20,22). The quantitative estimate of drug-likeness (QED) is 0.675. The van der Waals surface area contributed by atoms with Crippen LogP contribution in [0.1, 0.15) is 11.3 Å². The summed E-state index contributed by atoms with van der Waals surface area (Å²) < 4.78 is 39.9. The molecule has 9 heteroatoms. The number of hydrogen-bond acceptors (Lipinski definition) is 4. The molecule has 0 radical (unpaired) electrons. The summed E-state index contributed by atoms with van der Waals surface area (Å²) in [4.78, 5) is 28.2. The van der Waals surface area contributed by atoms with Crippen LogP contribution in [0.3, 0.4) is 0 Å². The van der Waals surface area contributed by atoms with E-state index in [-0.39, 0.29) is 5.69 Å². The van der Waals surface area contributed by atoms with Gasteiger partial charge in [0.15, 0.2) is 5.16 Å². The number of carbonyl (C=O) groups is 1. The zero-order valence-electron chi connectivity index (χ0n) is 12.8. The van der Waals surface area contributed by atoms with Gasteiger partial charge < -0.3 is 5.32 Å². The Balaban J connectivity index is 2.26. The third kappa shape index (κ3) is 4.16. The van der Waals surface area contributed by atoms with Crippen molar-refractivity contribution in [1.29, 1.82) is 0 Å². The maximum absolute atomic E-state index is 12.9. The molecule has 0 spiro atoms. The lowest BCUT2D eigenvalue weighted by Gasteiger charge is -2.15. The number of carbonyl (C=O) groups excluding carboxylic acids is 1. The van der Waals surface area contributed by atoms with Gasteiger partial charge in [-0.15, -0.1) is 0 Å². The van der Waals surface area contributed by atoms with E-state index in [9.17, 15) is 22.8 Å². The van der Waals surface area contributed by atoms with Crippen LogP contribution < -0.4 is 10.9 Å². The number of nitrogens with one attached hydrogen (secondary N) is 1. The lowest BCUT2D eigenvalue weighted by atomic mass is 10.1. The Kier molecular flexibility index (Phi) is 5.33. The first-order valence-corrected chi connectivity index (χ1v) is 8.03. The fraction of sp³-hybridized carbons (Fsp3) is 0.267. The normalized spacial score (nSPS) is 11.4. The fourth-order valence-corrected chi connectivity index (χ4v) is 2.68. The number of aromatic nitrogens is 2. The number of halogens is 3. The molecule has 1 aromatic heterocycles. The van der Waals surface area contributed by atoms with E-state index in [0.717, 1.165) is 16.7 Å². The van der Waals surface area contributed by atoms with Gasteiger partial charge in [-0.1, -0.05) is 23.9 Å². The van der Waals surface area contributed by atoms with Crippen molar-refractivity contribution >= 4 is 23.4 Å². The Morgan fingerprint density at radius 3 is 2.62 bits per heavy atom. The number of alkyl halides is 3. The van der Waals surface area contributed by atoms with Gasteiger partial charge in [-0.05, 0) is 25.3 Å². The van der Waals surface area contributed by atoms with Gasteiger partial charge in [0.2, 0.25) is 5.91 Å². The number of thioether (sulfide) groups is 1. The number of aryl methyl sites for hydroxylation is 1. The van der Waals surface area contributed by atoms with Gasteiger partial charge in [-0.2, -0.15) is 13.2 Å². The summed E-state index contributed by atoms with van der Waals surface area (Å²) in [6, 6.07) is 5.92. The second-order valence-corrected chi connectivity index (χ2v) is 5.67. The third-order valence-electron chi connectivity index (χ3n) is 3.09. The molecule has 1 amide bonds. The van der Waals surface area contributed by atoms with Gasteiger partial charge in [-0.3, -0.25) is 14.2 Å². The maximum Gasteiger partial charge on any atom is 0.418 e. The molecule has 0 atom stereocenters. The van der Waals surface area contributed by atoms with Gasteiger partial charge in [-0.25, -0.2) is 4.98 Å². The van der Waals surface area contributed by atoms with Crippen molar-refractivity contribution in [2.45, 2.75) is 24.8 Å². The smallest absolute Gasteiger partial charge is 0.324 e. The van der Waals surface area contributed by atoms with Crippen LogP contribution in [0.5, 0.6) is 0 Å². The van der Waals surface area contributed by atoms with E-state index in [1.54, 1.807) is 13.2 Å². The number of nitrogens with zero attached hydrogens (tertiary/aromatic N) is 2. The molecule has 0 aliphatic heterocycles. The topological polar surface area (TPSA) is 64.0 Å². The maximum atomic E-state index is 12.9. The molecule has 0 aliphatic carbocycles. The summed E-state index contributed by atoms with van der Waals surface area (Å²) in [6.07, 6.45) is -2.90. The number of amides is 1. The molecular weight excluding hydrogens is 343 g/mol. The Morgan fingerprint density at radius 1 is 1.33 bits per heavy atom. The molecule has 24 heavy (non-hydrogen) atoms. The minimum absolute atomic E-state index is 0.319. The largest absolute Gasteiger partial charge is 0.418 e. The van der Waals surface area contributed by atoms with E-state index in [0.29, 0.717) is 10.9 Å². The van der Waals surface area contributed by atoms with Crippen molar-refractivity contribution in [2.75, 3.05) is 11.6 Å². The molecule has 0 fully saturated rings. The zero-order valence-corrected chi connectivity index (χ0v) is 13.7. The molecule has 0 aliphatic rings. The summed E-state index contributed by atoms with van der Waals surface area (Å²) >= 11 is 1.17. The molecule has 0 saturated carbocycles. The molecular formula is C15H14F3N3O2S. The van der Waals surface area contributed by atoms with Crippen LogP contribution in [0.4, 0.5) is 18.9 Å². The van der Waals surface area contributed by atoms with Crippen LogP contribution in [-0.2, 0) is 17.5 Å². The molecule has 1 heterocycles. The molecule has 0 unspecified atom stereocenters. The zero-order chi connectivity index (χ0) is 17.9. The number of rotatable bonds is 4. The third-order valence-corrected chi connectivity index (χ3v) is 3.77. The van der Waals surface area contributed by atoms with Gasteiger partial charge in [0.1, 0.15) is 6.54 Å². The highest BCUT2D eigenvalue weighted by Gasteiger charge is 2.33. The number of anilines is 1. The lowest BCUT2D eigenvalue weighted by Crippen LogP contribution is -2.30. The van der Waals surface area contributed by atoms with Crippen LogP contribution in [0.15, 0.2) is 40.3 Å². The molecule has 2 aromatic rings. The van der Waals surface area contributed by atoms with E-state index < -0.39 is 29.8 Å². The molecule has 1 N–H and O–H groups in total. The second-order valence-electron chi connectivity index (χ2n) is 4.90. The second kappa shape index (κ2) is 7.08. The van der Waals surface area contributed by atoms with Gasteiger partial charge in [0.25, 0.3) is 5.56 Å². The van der Waals surface area contributed by atoms with Crippen molar-refractivity contribution < 1.29 is 18.0 Å². The first-order valence-electron chi connectivity index (χ1n) is 6.81. The average molecular weight is 357 g/mol. The number of benzene rings is 1. The lowest BCUT2D eigenvalue weighted by molar-refractivity contribution is -0.137. The van der Waals surface area contributed by atoms with Crippen LogP contribution in [-0.4, -0.2) is 21.7 Å². The predicted molar refractivity (Wildman–Crippen MR) is 85.1 cm³/mol. The molecule has 0 bridgehead atoms. The molecule has 5 nitrogen and oxygen atoms in total. The monoisotopic (exact) mass is 357 g/mol. The summed E-state index contributed by atoms with van der Waals surface area (Å²) in [5, 5.41) is 2.52. The predicted octanol–water partition coefficient (Wildman–Crippen LogP) is 2.93. The van der Waals surface area contributed by atoms with E-state index in [1.165, 1.54) is 30.0 Å². The Hall–Kier alpha value is -2.29. The summed E-state index contributed by atoms with van der Waals surface area (Å²) in [5.41, 5.74) is -1.24. The van der Waals surface area contributed by atoms with Crippen molar-refractivity contribution in [3.05, 3.63) is 51.9 Å². The Morgan fingerprint density at radius 2 is 2.00 bits per heavy atom. The fourth-order valence-electron chi connectivity index (χ4n) is 2.07. The summed E-state index contributed by atoms with van der Waals surface area (Å²) in [7, 11) is 0. The van der Waals surface area contributed by atoms with Crippen LogP contribution in [0.2, 0.25) is 0 Å². The van der Waals surface area contributed by atoms with Crippen molar-refractivity contribution in [3.8, 4) is 0 Å². The Bertz CT molecular complexity index is 818. The van der Waals surface area contributed by atoms with E-state index in [1.807, 2.05) is 0 Å². The van der Waals surface area contributed by atoms with E-state index in [4.69, 9.17) is 0 Å². The first-order chi connectivity index (χ1) is 11.2. The molecule has 1 aromatic carbocycles. The van der Waals surface area contributed by atoms with E-state index in [2.05, 4.69) is 10.3 Å². The molecule has 0 saturated heterocycles. The van der Waals surface area contributed by atoms with Crippen LogP contribution in [0.25, 0.3) is 0 Å². The van der Waals surface area contributed by atoms with Crippen molar-refractivity contribution in [2.24, 2.45) is 0 Å². The van der Waals surface area contributed by atoms with Gasteiger partial charge in [0, 0.05) is 11.8 Å². The molecule has 128 valence electrons. The minimum atomic E-state index is -4.59. The Labute approximate surface area is 139 Å². The van der Waals surface area contributed by atoms with Crippen LogP contribution in [0, 0.1) is 6.92 Å². The molecule has 2 rings (SSSR count). The van der Waals surface area contributed by atoms with Crippen molar-refractivity contribution in [3.63, 3.8) is 0 Å². The highest BCUT2D eigenvalue weighted by Crippen LogP contribution is 2.34. The van der Waals surface area contributed by atoms with Gasteiger partial charge >= 0.3 is 6.18 Å². The summed E-state index contributed by atoms with van der Waals surface area (Å²) in [5.74, 6) is -0.741. The minimum Gasteiger partial charge on any atom is -0.324 e. The number of para-hydroxylation sites is 1. The first kappa shape index (κ1) is 18.1. The van der Waals surface area contributed by atoms with Crippen molar-refractivity contribution in [1.82, 2.24) is 9.55 Å². The average Bonchev–Trinajstić information content (AvgIpc) is 2.49.